The molecule has 0 unspecified atom stereocenters. The van der Waals surface area contributed by atoms with Gasteiger partial charge in [0.05, 0.1) is 19.9 Å². The molecule has 0 aliphatic rings. The molecule has 0 bridgehead atoms. The van der Waals surface area contributed by atoms with Crippen molar-refractivity contribution in [2.24, 2.45) is 0 Å². The minimum absolute atomic E-state index is 0.240. The Hall–Kier alpha value is -2.99. The number of carbonyl (C=O) groups is 1. The van der Waals surface area contributed by atoms with E-state index in [9.17, 15) is 4.79 Å². The summed E-state index contributed by atoms with van der Waals surface area (Å²) < 4.78 is 11.7. The van der Waals surface area contributed by atoms with Crippen LogP contribution in [0.3, 0.4) is 0 Å². The van der Waals surface area contributed by atoms with Gasteiger partial charge in [-0.2, -0.15) is 4.68 Å². The number of methoxy groups -OCH3 is 2. The van der Waals surface area contributed by atoms with Crippen LogP contribution in [0.2, 0.25) is 5.02 Å². The fourth-order valence-corrected chi connectivity index (χ4v) is 2.69. The molecule has 0 amide bonds. The van der Waals surface area contributed by atoms with E-state index in [4.69, 9.17) is 26.8 Å². The van der Waals surface area contributed by atoms with Gasteiger partial charge in [-0.1, -0.05) is 23.7 Å². The van der Waals surface area contributed by atoms with Crippen molar-refractivity contribution in [1.82, 2.24) is 9.78 Å². The highest BCUT2D eigenvalue weighted by molar-refractivity contribution is 6.30. The van der Waals surface area contributed by atoms with Crippen molar-refractivity contribution >= 4 is 23.3 Å². The van der Waals surface area contributed by atoms with E-state index in [0.717, 1.165) is 5.56 Å². The van der Waals surface area contributed by atoms with Crippen LogP contribution in [0.4, 0.5) is 5.82 Å². The number of nitrogen functional groups attached to an aromatic ring is 1. The molecule has 7 heteroatoms. The summed E-state index contributed by atoms with van der Waals surface area (Å²) in [6, 6.07) is 13.7. The van der Waals surface area contributed by atoms with E-state index in [1.165, 1.54) is 18.9 Å². The van der Waals surface area contributed by atoms with E-state index in [-0.39, 0.29) is 11.7 Å². The van der Waals surface area contributed by atoms with Crippen LogP contribution < -0.4 is 15.2 Å². The molecule has 3 rings (SSSR count). The first-order chi connectivity index (χ1) is 12.0. The summed E-state index contributed by atoms with van der Waals surface area (Å²) in [5, 5.41) is 4.68. The number of halogens is 1. The van der Waals surface area contributed by atoms with Crippen LogP contribution in [0.5, 0.6) is 11.5 Å². The Morgan fingerprint density at radius 3 is 2.52 bits per heavy atom. The fraction of sp³-hybridized carbons (Fsp3) is 0.111. The molecule has 2 aromatic carbocycles. The third kappa shape index (κ3) is 3.29. The second-order valence-electron chi connectivity index (χ2n) is 5.25. The van der Waals surface area contributed by atoms with Crippen LogP contribution in [-0.2, 0) is 0 Å². The Morgan fingerprint density at radius 1 is 1.08 bits per heavy atom. The van der Waals surface area contributed by atoms with Crippen molar-refractivity contribution < 1.29 is 14.3 Å². The van der Waals surface area contributed by atoms with Crippen molar-refractivity contribution in [3.63, 3.8) is 0 Å². The van der Waals surface area contributed by atoms with Gasteiger partial charge >= 0.3 is 0 Å². The van der Waals surface area contributed by atoms with Crippen molar-refractivity contribution in [2.75, 3.05) is 20.0 Å². The van der Waals surface area contributed by atoms with Crippen molar-refractivity contribution in [3.05, 3.63) is 59.1 Å². The summed E-state index contributed by atoms with van der Waals surface area (Å²) in [5.41, 5.74) is 7.50. The molecule has 3 aromatic rings. The maximum atomic E-state index is 12.9. The first-order valence-electron chi connectivity index (χ1n) is 7.41. The Kier molecular flexibility index (Phi) is 4.63. The van der Waals surface area contributed by atoms with Gasteiger partial charge in [0.25, 0.3) is 5.91 Å². The first-order valence-corrected chi connectivity index (χ1v) is 7.79. The minimum Gasteiger partial charge on any atom is -0.493 e. The SMILES string of the molecule is COc1ccc(C(=O)n2nc(N)cc2-c2cccc(Cl)c2)cc1OC. The van der Waals surface area contributed by atoms with E-state index in [1.807, 2.05) is 6.07 Å². The van der Waals surface area contributed by atoms with Gasteiger partial charge in [0.15, 0.2) is 11.5 Å². The van der Waals surface area contributed by atoms with Gasteiger partial charge in [0.1, 0.15) is 5.82 Å². The Bertz CT molecular complexity index is 937. The molecule has 128 valence electrons. The number of carbonyl (C=O) groups excluding carboxylic acids is 1. The zero-order valence-corrected chi connectivity index (χ0v) is 14.4. The molecule has 0 atom stereocenters. The number of anilines is 1. The quantitative estimate of drug-likeness (QED) is 0.773. The molecular weight excluding hydrogens is 342 g/mol. The van der Waals surface area contributed by atoms with Gasteiger partial charge in [0.2, 0.25) is 0 Å². The standard InChI is InChI=1S/C18H16ClN3O3/c1-24-15-7-6-12(9-16(15)25-2)18(23)22-14(10-17(20)21-22)11-4-3-5-13(19)8-11/h3-10H,1-2H3,(H2,20,21). The van der Waals surface area contributed by atoms with Gasteiger partial charge in [-0.25, -0.2) is 0 Å². The average molecular weight is 358 g/mol. The highest BCUT2D eigenvalue weighted by atomic mass is 35.5. The molecule has 2 N–H and O–H groups in total. The molecule has 0 fully saturated rings. The fourth-order valence-electron chi connectivity index (χ4n) is 2.50. The maximum Gasteiger partial charge on any atom is 0.278 e. The predicted octanol–water partition coefficient (Wildman–Crippen LogP) is 3.49. The van der Waals surface area contributed by atoms with Crippen molar-refractivity contribution in [2.45, 2.75) is 0 Å². The average Bonchev–Trinajstić information content (AvgIpc) is 3.02. The molecule has 0 saturated carbocycles. The van der Waals surface area contributed by atoms with Gasteiger partial charge in [-0.3, -0.25) is 4.79 Å². The molecule has 25 heavy (non-hydrogen) atoms. The molecule has 1 aromatic heterocycles. The second kappa shape index (κ2) is 6.86. The van der Waals surface area contributed by atoms with Gasteiger partial charge in [0, 0.05) is 22.2 Å². The van der Waals surface area contributed by atoms with E-state index in [1.54, 1.807) is 42.5 Å². The molecular formula is C18H16ClN3O3. The summed E-state index contributed by atoms with van der Waals surface area (Å²) in [4.78, 5) is 12.9. The molecule has 0 aliphatic heterocycles. The largest absolute Gasteiger partial charge is 0.493 e. The summed E-state index contributed by atoms with van der Waals surface area (Å²) >= 11 is 6.05. The van der Waals surface area contributed by atoms with Gasteiger partial charge in [-0.15, -0.1) is 5.10 Å². The van der Waals surface area contributed by atoms with Gasteiger partial charge < -0.3 is 15.2 Å². The molecule has 0 radical (unpaired) electrons. The van der Waals surface area contributed by atoms with E-state index >= 15 is 0 Å². The molecule has 1 heterocycles. The number of nitrogens with zero attached hydrogens (tertiary/aromatic N) is 2. The highest BCUT2D eigenvalue weighted by Crippen LogP contribution is 2.29. The summed E-state index contributed by atoms with van der Waals surface area (Å²) in [5.74, 6) is 0.892. The highest BCUT2D eigenvalue weighted by Gasteiger charge is 2.18. The van der Waals surface area contributed by atoms with E-state index in [0.29, 0.717) is 27.8 Å². The third-order valence-electron chi connectivity index (χ3n) is 3.67. The van der Waals surface area contributed by atoms with Crippen LogP contribution in [0, 0.1) is 0 Å². The summed E-state index contributed by atoms with van der Waals surface area (Å²) in [7, 11) is 3.04. The van der Waals surface area contributed by atoms with Crippen LogP contribution in [-0.4, -0.2) is 29.9 Å². The van der Waals surface area contributed by atoms with Gasteiger partial charge in [-0.05, 0) is 30.3 Å². The lowest BCUT2D eigenvalue weighted by Gasteiger charge is -2.10. The van der Waals surface area contributed by atoms with Crippen molar-refractivity contribution in [1.29, 1.82) is 0 Å². The predicted molar refractivity (Wildman–Crippen MR) is 96.4 cm³/mol. The van der Waals surface area contributed by atoms with Crippen molar-refractivity contribution in [3.8, 4) is 22.8 Å². The van der Waals surface area contributed by atoms with E-state index < -0.39 is 0 Å². The molecule has 0 saturated heterocycles. The van der Waals surface area contributed by atoms with Crippen LogP contribution >= 0.6 is 11.6 Å². The Morgan fingerprint density at radius 2 is 1.84 bits per heavy atom. The normalized spacial score (nSPS) is 10.5. The lowest BCUT2D eigenvalue weighted by Crippen LogP contribution is -2.15. The number of aromatic nitrogens is 2. The van der Waals surface area contributed by atoms with Crippen LogP contribution in [0.15, 0.2) is 48.5 Å². The number of rotatable bonds is 4. The maximum absolute atomic E-state index is 12.9. The van der Waals surface area contributed by atoms with Crippen LogP contribution in [0.1, 0.15) is 10.4 Å². The molecule has 6 nitrogen and oxygen atoms in total. The zero-order chi connectivity index (χ0) is 18.0. The first kappa shape index (κ1) is 16.9. The monoisotopic (exact) mass is 357 g/mol. The Labute approximate surface area is 149 Å². The smallest absolute Gasteiger partial charge is 0.278 e. The Balaban J connectivity index is 2.07. The number of ether oxygens (including phenoxy) is 2. The lowest BCUT2D eigenvalue weighted by molar-refractivity contribution is 0.0947. The summed E-state index contributed by atoms with van der Waals surface area (Å²) in [6.45, 7) is 0. The zero-order valence-electron chi connectivity index (χ0n) is 13.7. The minimum atomic E-state index is -0.340. The molecule has 0 aliphatic carbocycles. The second-order valence-corrected chi connectivity index (χ2v) is 5.69. The van der Waals surface area contributed by atoms with Crippen LogP contribution in [0.25, 0.3) is 11.3 Å². The number of hydrogen-bond acceptors (Lipinski definition) is 5. The number of benzene rings is 2. The molecule has 0 spiro atoms. The number of hydrogen-bond donors (Lipinski definition) is 1. The lowest BCUT2D eigenvalue weighted by atomic mass is 10.1. The topological polar surface area (TPSA) is 79.4 Å². The number of nitrogens with two attached hydrogens (primary N) is 1. The third-order valence-corrected chi connectivity index (χ3v) is 3.91. The summed E-state index contributed by atoms with van der Waals surface area (Å²) in [6.07, 6.45) is 0. The van der Waals surface area contributed by atoms with E-state index in [2.05, 4.69) is 5.10 Å².